The minimum absolute atomic E-state index is 0.255. The molecule has 0 saturated carbocycles. The first-order valence-electron chi connectivity index (χ1n) is 7.05. The van der Waals surface area contributed by atoms with Crippen LogP contribution in [0, 0.1) is 0 Å². The van der Waals surface area contributed by atoms with Gasteiger partial charge < -0.3 is 9.84 Å². The molecule has 1 N–H and O–H groups in total. The van der Waals surface area contributed by atoms with E-state index in [1.165, 1.54) is 0 Å². The summed E-state index contributed by atoms with van der Waals surface area (Å²) in [5.41, 5.74) is 0.567. The summed E-state index contributed by atoms with van der Waals surface area (Å²) in [7, 11) is 0. The number of nitrogens with zero attached hydrogens (tertiary/aromatic N) is 3. The van der Waals surface area contributed by atoms with Gasteiger partial charge in [-0.3, -0.25) is 4.98 Å². The fourth-order valence-corrected chi connectivity index (χ4v) is 3.94. The molecule has 3 heterocycles. The van der Waals surface area contributed by atoms with Crippen molar-refractivity contribution in [3.63, 3.8) is 0 Å². The van der Waals surface area contributed by atoms with E-state index in [1.807, 2.05) is 11.8 Å². The van der Waals surface area contributed by atoms with Crippen molar-refractivity contribution in [2.24, 2.45) is 0 Å². The van der Waals surface area contributed by atoms with Crippen molar-refractivity contribution >= 4 is 23.4 Å². The van der Waals surface area contributed by atoms with Crippen LogP contribution in [0.25, 0.3) is 11.5 Å². The topological polar surface area (TPSA) is 63.8 Å². The second kappa shape index (κ2) is 6.77. The summed E-state index contributed by atoms with van der Waals surface area (Å²) in [6.07, 6.45) is 2.79. The second-order valence-electron chi connectivity index (χ2n) is 4.99. The van der Waals surface area contributed by atoms with Crippen LogP contribution in [-0.2, 0) is 0 Å². The Balaban J connectivity index is 1.80. The molecule has 5 nitrogen and oxygen atoms in total. The van der Waals surface area contributed by atoms with Gasteiger partial charge in [-0.1, -0.05) is 23.7 Å². The van der Waals surface area contributed by atoms with E-state index in [0.717, 1.165) is 24.5 Å². The maximum absolute atomic E-state index is 6.12. The number of aromatic nitrogens is 3. The number of pyridine rings is 1. The summed E-state index contributed by atoms with van der Waals surface area (Å²) < 4.78 is 5.46. The van der Waals surface area contributed by atoms with E-state index in [9.17, 15) is 0 Å². The van der Waals surface area contributed by atoms with Gasteiger partial charge in [0.1, 0.15) is 5.69 Å². The van der Waals surface area contributed by atoms with Gasteiger partial charge in [-0.15, -0.1) is 0 Å². The SMILES string of the molecule is CCCNC1CSCC1c1nc(-c2ncccc2Cl)no1. The third-order valence-corrected chi connectivity index (χ3v) is 4.96. The minimum atomic E-state index is 0.255. The van der Waals surface area contributed by atoms with Gasteiger partial charge in [-0.25, -0.2) is 0 Å². The highest BCUT2D eigenvalue weighted by atomic mass is 35.5. The lowest BCUT2D eigenvalue weighted by molar-refractivity contribution is 0.339. The Morgan fingerprint density at radius 2 is 2.38 bits per heavy atom. The average molecular weight is 325 g/mol. The zero-order valence-corrected chi connectivity index (χ0v) is 13.3. The molecule has 3 rings (SSSR count). The van der Waals surface area contributed by atoms with E-state index in [1.54, 1.807) is 18.3 Å². The Morgan fingerprint density at radius 3 is 3.19 bits per heavy atom. The number of nitrogens with one attached hydrogen (secondary N) is 1. The monoisotopic (exact) mass is 324 g/mol. The lowest BCUT2D eigenvalue weighted by Gasteiger charge is -2.16. The molecule has 0 spiro atoms. The summed E-state index contributed by atoms with van der Waals surface area (Å²) in [5, 5.41) is 8.12. The lowest BCUT2D eigenvalue weighted by atomic mass is 10.0. The van der Waals surface area contributed by atoms with E-state index < -0.39 is 0 Å². The van der Waals surface area contributed by atoms with Gasteiger partial charge in [-0.05, 0) is 25.1 Å². The Bertz CT molecular complexity index is 606. The molecule has 0 aromatic carbocycles. The number of rotatable bonds is 5. The van der Waals surface area contributed by atoms with Crippen LogP contribution in [0.2, 0.25) is 5.02 Å². The molecule has 112 valence electrons. The maximum atomic E-state index is 6.12. The molecule has 0 bridgehead atoms. The quantitative estimate of drug-likeness (QED) is 0.912. The van der Waals surface area contributed by atoms with Gasteiger partial charge in [0.25, 0.3) is 0 Å². The van der Waals surface area contributed by atoms with Crippen LogP contribution in [0.15, 0.2) is 22.9 Å². The third kappa shape index (κ3) is 3.22. The molecule has 1 fully saturated rings. The first-order valence-corrected chi connectivity index (χ1v) is 8.58. The number of hydrogen-bond donors (Lipinski definition) is 1. The maximum Gasteiger partial charge on any atom is 0.232 e. The van der Waals surface area contributed by atoms with Gasteiger partial charge in [0.05, 0.1) is 10.9 Å². The highest BCUT2D eigenvalue weighted by Gasteiger charge is 2.33. The normalized spacial score (nSPS) is 21.8. The van der Waals surface area contributed by atoms with Gasteiger partial charge in [0.2, 0.25) is 11.7 Å². The van der Waals surface area contributed by atoms with E-state index in [0.29, 0.717) is 28.5 Å². The van der Waals surface area contributed by atoms with Crippen LogP contribution in [0.4, 0.5) is 0 Å². The molecule has 7 heteroatoms. The van der Waals surface area contributed by atoms with Crippen molar-refractivity contribution < 1.29 is 4.52 Å². The fourth-order valence-electron chi connectivity index (χ4n) is 2.36. The molecule has 0 amide bonds. The van der Waals surface area contributed by atoms with Crippen molar-refractivity contribution in [3.8, 4) is 11.5 Å². The third-order valence-electron chi connectivity index (χ3n) is 3.47. The smallest absolute Gasteiger partial charge is 0.232 e. The van der Waals surface area contributed by atoms with Crippen molar-refractivity contribution in [1.82, 2.24) is 20.4 Å². The van der Waals surface area contributed by atoms with Gasteiger partial charge in [0, 0.05) is 23.7 Å². The molecule has 0 radical (unpaired) electrons. The summed E-state index contributed by atoms with van der Waals surface area (Å²) in [6, 6.07) is 3.95. The van der Waals surface area contributed by atoms with Crippen molar-refractivity contribution in [3.05, 3.63) is 29.2 Å². The molecule has 1 aliphatic rings. The molecular weight excluding hydrogens is 308 g/mol. The molecular formula is C14H17ClN4OS. The minimum Gasteiger partial charge on any atom is -0.339 e. The van der Waals surface area contributed by atoms with Crippen molar-refractivity contribution in [2.45, 2.75) is 25.3 Å². The van der Waals surface area contributed by atoms with Gasteiger partial charge in [0.15, 0.2) is 0 Å². The molecule has 1 saturated heterocycles. The molecule has 1 aliphatic heterocycles. The zero-order chi connectivity index (χ0) is 14.7. The first-order chi connectivity index (χ1) is 10.3. The van der Waals surface area contributed by atoms with E-state index in [2.05, 4.69) is 27.4 Å². The lowest BCUT2D eigenvalue weighted by Crippen LogP contribution is -2.34. The standard InChI is InChI=1S/C14H17ClN4OS/c1-2-5-16-11-8-21-7-9(11)14-18-13(19-20-14)12-10(15)4-3-6-17-12/h3-4,6,9,11,16H,2,5,7-8H2,1H3. The summed E-state index contributed by atoms with van der Waals surface area (Å²) in [4.78, 5) is 8.72. The Labute approximate surface area is 132 Å². The molecule has 2 aromatic heterocycles. The average Bonchev–Trinajstić information content (AvgIpc) is 3.14. The molecule has 0 aliphatic carbocycles. The van der Waals surface area contributed by atoms with Crippen molar-refractivity contribution in [1.29, 1.82) is 0 Å². The van der Waals surface area contributed by atoms with Crippen LogP contribution in [0.5, 0.6) is 0 Å². The fraction of sp³-hybridized carbons (Fsp3) is 0.500. The van der Waals surface area contributed by atoms with Crippen LogP contribution in [-0.4, -0.2) is 39.2 Å². The molecule has 21 heavy (non-hydrogen) atoms. The van der Waals surface area contributed by atoms with Crippen LogP contribution >= 0.6 is 23.4 Å². The second-order valence-corrected chi connectivity index (χ2v) is 6.48. The summed E-state index contributed by atoms with van der Waals surface area (Å²) in [6.45, 7) is 3.17. The number of halogens is 1. The van der Waals surface area contributed by atoms with Crippen LogP contribution in [0.1, 0.15) is 25.2 Å². The summed E-state index contributed by atoms with van der Waals surface area (Å²) >= 11 is 8.04. The predicted octanol–water partition coefficient (Wildman–Crippen LogP) is 2.98. The van der Waals surface area contributed by atoms with E-state index >= 15 is 0 Å². The first kappa shape index (κ1) is 14.8. The highest BCUT2D eigenvalue weighted by Crippen LogP contribution is 2.33. The number of thioether (sulfide) groups is 1. The highest BCUT2D eigenvalue weighted by molar-refractivity contribution is 7.99. The Kier molecular flexibility index (Phi) is 4.77. The predicted molar refractivity (Wildman–Crippen MR) is 84.7 cm³/mol. The van der Waals surface area contributed by atoms with E-state index in [-0.39, 0.29) is 5.92 Å². The largest absolute Gasteiger partial charge is 0.339 e. The summed E-state index contributed by atoms with van der Waals surface area (Å²) in [5.74, 6) is 3.46. The molecule has 2 aromatic rings. The zero-order valence-electron chi connectivity index (χ0n) is 11.8. The Morgan fingerprint density at radius 1 is 1.48 bits per heavy atom. The molecule has 2 unspecified atom stereocenters. The Hall–Kier alpha value is -1.11. The molecule has 2 atom stereocenters. The number of hydrogen-bond acceptors (Lipinski definition) is 6. The van der Waals surface area contributed by atoms with E-state index in [4.69, 9.17) is 16.1 Å². The van der Waals surface area contributed by atoms with Gasteiger partial charge >= 0.3 is 0 Å². The van der Waals surface area contributed by atoms with Crippen molar-refractivity contribution in [2.75, 3.05) is 18.1 Å². The van der Waals surface area contributed by atoms with Crippen LogP contribution < -0.4 is 5.32 Å². The van der Waals surface area contributed by atoms with Crippen LogP contribution in [0.3, 0.4) is 0 Å². The van der Waals surface area contributed by atoms with Gasteiger partial charge in [-0.2, -0.15) is 16.7 Å².